The Hall–Kier alpha value is -2.88. The van der Waals surface area contributed by atoms with Gasteiger partial charge in [0, 0.05) is 18.6 Å². The number of fused-ring (bicyclic) bond motifs is 1. The molecule has 0 spiro atoms. The summed E-state index contributed by atoms with van der Waals surface area (Å²) in [5.74, 6) is 0.593. The van der Waals surface area contributed by atoms with E-state index in [1.165, 1.54) is 0 Å². The number of rotatable bonds is 2. The van der Waals surface area contributed by atoms with Crippen LogP contribution in [-0.4, -0.2) is 15.4 Å². The maximum Gasteiger partial charge on any atom is 0.143 e. The average Bonchev–Trinajstić information content (AvgIpc) is 3.04. The van der Waals surface area contributed by atoms with Crippen LogP contribution in [0, 0.1) is 0 Å². The van der Waals surface area contributed by atoms with Gasteiger partial charge in [-0.2, -0.15) is 0 Å². The van der Waals surface area contributed by atoms with E-state index in [9.17, 15) is 0 Å². The highest BCUT2D eigenvalue weighted by molar-refractivity contribution is 5.97. The minimum Gasteiger partial charge on any atom is -0.382 e. The van der Waals surface area contributed by atoms with E-state index in [-0.39, 0.29) is 5.54 Å². The monoisotopic (exact) mass is 302 g/mol. The molecule has 0 saturated carbocycles. The van der Waals surface area contributed by atoms with Crippen LogP contribution in [0.2, 0.25) is 0 Å². The van der Waals surface area contributed by atoms with Gasteiger partial charge in [-0.15, -0.1) is 0 Å². The van der Waals surface area contributed by atoms with Gasteiger partial charge in [-0.25, -0.2) is 0 Å². The Morgan fingerprint density at radius 3 is 2.78 bits per heavy atom. The molecule has 4 heteroatoms. The van der Waals surface area contributed by atoms with Crippen LogP contribution < -0.4 is 5.73 Å². The number of nitrogens with zero attached hydrogens (tertiary/aromatic N) is 3. The highest BCUT2D eigenvalue weighted by atomic mass is 15.1. The third kappa shape index (κ3) is 2.32. The van der Waals surface area contributed by atoms with Gasteiger partial charge in [0.25, 0.3) is 0 Å². The molecule has 4 rings (SSSR count). The predicted molar refractivity (Wildman–Crippen MR) is 92.2 cm³/mol. The van der Waals surface area contributed by atoms with Crippen molar-refractivity contribution in [1.29, 1.82) is 0 Å². The van der Waals surface area contributed by atoms with Crippen molar-refractivity contribution in [1.82, 2.24) is 9.55 Å². The number of nitrogens with two attached hydrogens (primary N) is 1. The maximum atomic E-state index is 6.17. The molecule has 3 aromatic rings. The second kappa shape index (κ2) is 5.09. The van der Waals surface area contributed by atoms with Gasteiger partial charge in [-0.1, -0.05) is 24.3 Å². The van der Waals surface area contributed by atoms with Crippen molar-refractivity contribution >= 4 is 5.84 Å². The maximum absolute atomic E-state index is 6.17. The van der Waals surface area contributed by atoms with Gasteiger partial charge in [-0.3, -0.25) is 9.98 Å². The van der Waals surface area contributed by atoms with Crippen molar-refractivity contribution in [3.63, 3.8) is 0 Å². The van der Waals surface area contributed by atoms with Crippen LogP contribution in [0.25, 0.3) is 11.1 Å². The van der Waals surface area contributed by atoms with E-state index in [1.54, 1.807) is 6.20 Å². The lowest BCUT2D eigenvalue weighted by Gasteiger charge is -2.32. The molecule has 1 aromatic carbocycles. The van der Waals surface area contributed by atoms with E-state index >= 15 is 0 Å². The van der Waals surface area contributed by atoms with Crippen molar-refractivity contribution in [3.8, 4) is 11.1 Å². The van der Waals surface area contributed by atoms with Gasteiger partial charge in [0.05, 0.1) is 12.2 Å². The molecule has 114 valence electrons. The Kier molecular flexibility index (Phi) is 3.05. The summed E-state index contributed by atoms with van der Waals surface area (Å²) >= 11 is 0. The van der Waals surface area contributed by atoms with Gasteiger partial charge in [-0.05, 0) is 47.9 Å². The van der Waals surface area contributed by atoms with Gasteiger partial charge in [0.1, 0.15) is 11.4 Å². The molecule has 0 saturated heterocycles. The predicted octanol–water partition coefficient (Wildman–Crippen LogP) is 3.18. The molecule has 2 aromatic heterocycles. The topological polar surface area (TPSA) is 56.2 Å². The minimum absolute atomic E-state index is 0.367. The average molecular weight is 302 g/mol. The van der Waals surface area contributed by atoms with Crippen LogP contribution in [0.1, 0.15) is 18.2 Å². The molecule has 4 nitrogen and oxygen atoms in total. The second-order valence-electron chi connectivity index (χ2n) is 6.11. The Labute approximate surface area is 135 Å². The largest absolute Gasteiger partial charge is 0.382 e. The fourth-order valence-electron chi connectivity index (χ4n) is 3.20. The number of benzene rings is 1. The summed E-state index contributed by atoms with van der Waals surface area (Å²) in [7, 11) is 0. The van der Waals surface area contributed by atoms with Gasteiger partial charge < -0.3 is 10.3 Å². The summed E-state index contributed by atoms with van der Waals surface area (Å²) in [4.78, 5) is 8.99. The smallest absolute Gasteiger partial charge is 0.143 e. The Morgan fingerprint density at radius 1 is 1.09 bits per heavy atom. The van der Waals surface area contributed by atoms with E-state index in [2.05, 4.69) is 53.0 Å². The molecule has 1 unspecified atom stereocenters. The summed E-state index contributed by atoms with van der Waals surface area (Å²) in [6, 6.07) is 16.5. The van der Waals surface area contributed by atoms with Gasteiger partial charge >= 0.3 is 0 Å². The molecule has 1 atom stereocenters. The number of aromatic nitrogens is 2. The fraction of sp³-hybridized carbons (Fsp3) is 0.158. The van der Waals surface area contributed by atoms with Crippen molar-refractivity contribution < 1.29 is 0 Å². The number of aliphatic imine (C=N–C) groups is 1. The highest BCUT2D eigenvalue weighted by Crippen LogP contribution is 2.33. The number of hydrogen-bond donors (Lipinski definition) is 1. The first kappa shape index (κ1) is 13.8. The van der Waals surface area contributed by atoms with E-state index < -0.39 is 0 Å². The summed E-state index contributed by atoms with van der Waals surface area (Å²) in [5.41, 5.74) is 10.2. The van der Waals surface area contributed by atoms with Crippen LogP contribution in [0.4, 0.5) is 0 Å². The minimum atomic E-state index is -0.367. The van der Waals surface area contributed by atoms with Crippen LogP contribution in [0.15, 0.2) is 72.1 Å². The summed E-state index contributed by atoms with van der Waals surface area (Å²) in [6.45, 7) is 2.91. The van der Waals surface area contributed by atoms with Gasteiger partial charge in [0.15, 0.2) is 0 Å². The number of pyridine rings is 1. The van der Waals surface area contributed by atoms with E-state index in [0.29, 0.717) is 5.84 Å². The van der Waals surface area contributed by atoms with Crippen LogP contribution in [-0.2, 0) is 12.1 Å². The molecule has 0 bridgehead atoms. The number of amidine groups is 1. The zero-order valence-electron chi connectivity index (χ0n) is 13.0. The molecule has 1 aliphatic heterocycles. The van der Waals surface area contributed by atoms with Crippen molar-refractivity contribution in [2.45, 2.75) is 19.0 Å². The van der Waals surface area contributed by atoms with E-state index in [0.717, 1.165) is 28.9 Å². The molecule has 3 heterocycles. The fourth-order valence-corrected chi connectivity index (χ4v) is 3.20. The summed E-state index contributed by atoms with van der Waals surface area (Å²) in [5, 5.41) is 0. The number of hydrogen-bond acceptors (Lipinski definition) is 3. The molecule has 0 fully saturated rings. The third-order valence-electron chi connectivity index (χ3n) is 4.42. The molecular formula is C19H18N4. The van der Waals surface area contributed by atoms with Crippen molar-refractivity contribution in [2.75, 3.05) is 0 Å². The second-order valence-corrected chi connectivity index (χ2v) is 6.11. The molecular weight excluding hydrogens is 284 g/mol. The lowest BCUT2D eigenvalue weighted by Crippen LogP contribution is -2.36. The summed E-state index contributed by atoms with van der Waals surface area (Å²) in [6.07, 6.45) is 5.72. The Balaban J connectivity index is 1.78. The lowest BCUT2D eigenvalue weighted by atomic mass is 9.89. The Morgan fingerprint density at radius 2 is 1.96 bits per heavy atom. The summed E-state index contributed by atoms with van der Waals surface area (Å²) < 4.78 is 2.17. The quantitative estimate of drug-likeness (QED) is 0.790. The van der Waals surface area contributed by atoms with Crippen LogP contribution in [0.3, 0.4) is 0 Å². The van der Waals surface area contributed by atoms with E-state index in [4.69, 9.17) is 10.7 Å². The molecule has 0 radical (unpaired) electrons. The third-order valence-corrected chi connectivity index (χ3v) is 4.42. The zero-order valence-corrected chi connectivity index (χ0v) is 13.0. The van der Waals surface area contributed by atoms with E-state index in [1.807, 2.05) is 24.4 Å². The highest BCUT2D eigenvalue weighted by Gasteiger charge is 2.31. The van der Waals surface area contributed by atoms with Crippen LogP contribution in [0.5, 0.6) is 0 Å². The first-order valence-electron chi connectivity index (χ1n) is 7.67. The molecule has 2 N–H and O–H groups in total. The molecule has 23 heavy (non-hydrogen) atoms. The standard InChI is InChI=1S/C19H18N4/c1-19(13-23-10-4-8-17(23)18(20)22-19)16-7-2-5-14(11-16)15-6-3-9-21-12-15/h2-12H,13H2,1H3,(H2,20,22). The first-order chi connectivity index (χ1) is 11.2. The molecule has 0 aliphatic carbocycles. The van der Waals surface area contributed by atoms with Gasteiger partial charge in [0.2, 0.25) is 0 Å². The molecule has 1 aliphatic rings. The van der Waals surface area contributed by atoms with Crippen molar-refractivity contribution in [3.05, 3.63) is 78.4 Å². The van der Waals surface area contributed by atoms with Crippen molar-refractivity contribution in [2.24, 2.45) is 10.7 Å². The Bertz CT molecular complexity index is 879. The normalized spacial score (nSPS) is 20.0. The first-order valence-corrected chi connectivity index (χ1v) is 7.67. The van der Waals surface area contributed by atoms with Crippen LogP contribution >= 0.6 is 0 Å². The zero-order chi connectivity index (χ0) is 15.9. The molecule has 0 amide bonds. The SMILES string of the molecule is CC1(c2cccc(-c3cccnc3)c2)Cn2cccc2C(N)=N1. The lowest BCUT2D eigenvalue weighted by molar-refractivity contribution is 0.402.